The zero-order valence-electron chi connectivity index (χ0n) is 11.2. The van der Waals surface area contributed by atoms with Gasteiger partial charge >= 0.3 is 0 Å². The molecule has 0 saturated carbocycles. The van der Waals surface area contributed by atoms with Crippen LogP contribution in [0.1, 0.15) is 22.3 Å². The van der Waals surface area contributed by atoms with E-state index in [4.69, 9.17) is 0 Å². The van der Waals surface area contributed by atoms with E-state index in [1.54, 1.807) is 11.0 Å². The van der Waals surface area contributed by atoms with E-state index in [2.05, 4.69) is 25.0 Å². The number of amides is 1. The number of hydrogen-bond acceptors (Lipinski definition) is 6. The molecule has 0 aliphatic carbocycles. The third-order valence-corrected chi connectivity index (χ3v) is 3.68. The number of nitrogens with zero attached hydrogens (tertiary/aromatic N) is 5. The van der Waals surface area contributed by atoms with Gasteiger partial charge < -0.3 is 5.32 Å². The van der Waals surface area contributed by atoms with Gasteiger partial charge in [-0.05, 0) is 30.1 Å². The minimum Gasteiger partial charge on any atom is -0.319 e. The lowest BCUT2D eigenvalue weighted by molar-refractivity contribution is 0.102. The predicted octanol–water partition coefficient (Wildman–Crippen LogP) is 1.93. The average Bonchev–Trinajstić information content (AvgIpc) is 3.19. The maximum atomic E-state index is 12.4. The summed E-state index contributed by atoms with van der Waals surface area (Å²) in [6.07, 6.45) is 3.70. The Labute approximate surface area is 124 Å². The van der Waals surface area contributed by atoms with Crippen molar-refractivity contribution in [1.29, 1.82) is 0 Å². The van der Waals surface area contributed by atoms with Gasteiger partial charge in [0, 0.05) is 0 Å². The lowest BCUT2D eigenvalue weighted by atomic mass is 10.2. The maximum Gasteiger partial charge on any atom is 0.269 e. The van der Waals surface area contributed by atoms with E-state index in [9.17, 15) is 4.79 Å². The molecule has 0 aliphatic rings. The van der Waals surface area contributed by atoms with Crippen molar-refractivity contribution in [2.75, 3.05) is 5.32 Å². The molecular weight excluding hydrogens is 288 g/mol. The summed E-state index contributed by atoms with van der Waals surface area (Å²) >= 11 is 1.10. The fourth-order valence-electron chi connectivity index (χ4n) is 1.90. The summed E-state index contributed by atoms with van der Waals surface area (Å²) in [6, 6.07) is 7.39. The van der Waals surface area contributed by atoms with Crippen LogP contribution in [-0.4, -0.2) is 30.3 Å². The van der Waals surface area contributed by atoms with E-state index in [0.29, 0.717) is 22.7 Å². The van der Waals surface area contributed by atoms with E-state index in [1.807, 2.05) is 31.2 Å². The number of hydrogen-bond donors (Lipinski definition) is 1. The fourth-order valence-corrected chi connectivity index (χ4v) is 2.55. The molecule has 21 heavy (non-hydrogen) atoms. The summed E-state index contributed by atoms with van der Waals surface area (Å²) in [5.74, 6) is -0.214. The third-order valence-electron chi connectivity index (χ3n) is 2.91. The molecule has 3 rings (SSSR count). The van der Waals surface area contributed by atoms with Crippen molar-refractivity contribution >= 4 is 23.1 Å². The molecule has 0 unspecified atom stereocenters. The first-order valence-electron chi connectivity index (χ1n) is 6.36. The van der Waals surface area contributed by atoms with Crippen LogP contribution in [-0.2, 0) is 6.42 Å². The topological polar surface area (TPSA) is 85.6 Å². The Morgan fingerprint density at radius 2 is 2.24 bits per heavy atom. The SMILES string of the molecule is CCc1nnsc1C(=O)Nc1ccccc1-n1cncn1. The number of carbonyl (C=O) groups excluding carboxylic acids is 1. The van der Waals surface area contributed by atoms with Crippen molar-refractivity contribution in [2.24, 2.45) is 0 Å². The van der Waals surface area contributed by atoms with E-state index in [1.165, 1.54) is 6.33 Å². The minimum atomic E-state index is -0.214. The van der Waals surface area contributed by atoms with Gasteiger partial charge in [-0.1, -0.05) is 23.5 Å². The second-order valence-corrected chi connectivity index (χ2v) is 4.97. The van der Waals surface area contributed by atoms with Gasteiger partial charge in [0.05, 0.1) is 17.1 Å². The molecule has 0 fully saturated rings. The molecule has 8 heteroatoms. The van der Waals surface area contributed by atoms with Gasteiger partial charge in [0.25, 0.3) is 5.91 Å². The van der Waals surface area contributed by atoms with Crippen LogP contribution in [0.15, 0.2) is 36.9 Å². The molecule has 1 aromatic carbocycles. The first-order valence-corrected chi connectivity index (χ1v) is 7.13. The number of rotatable bonds is 4. The molecule has 7 nitrogen and oxygen atoms in total. The van der Waals surface area contributed by atoms with Crippen LogP contribution in [0.2, 0.25) is 0 Å². The monoisotopic (exact) mass is 300 g/mol. The van der Waals surface area contributed by atoms with Crippen molar-refractivity contribution in [2.45, 2.75) is 13.3 Å². The number of anilines is 1. The molecule has 0 spiro atoms. The van der Waals surface area contributed by atoms with Gasteiger partial charge in [-0.3, -0.25) is 4.79 Å². The van der Waals surface area contributed by atoms with Gasteiger partial charge in [-0.2, -0.15) is 5.10 Å². The lowest BCUT2D eigenvalue weighted by Gasteiger charge is -2.09. The molecule has 0 atom stereocenters. The molecule has 1 amide bonds. The molecule has 0 bridgehead atoms. The number of aryl methyl sites for hydroxylation is 1. The van der Waals surface area contributed by atoms with Crippen LogP contribution < -0.4 is 5.32 Å². The summed E-state index contributed by atoms with van der Waals surface area (Å²) < 4.78 is 5.43. The molecule has 2 aromatic heterocycles. The zero-order chi connectivity index (χ0) is 14.7. The Bertz CT molecular complexity index is 752. The zero-order valence-corrected chi connectivity index (χ0v) is 12.0. The highest BCUT2D eigenvalue weighted by Gasteiger charge is 2.16. The Kier molecular flexibility index (Phi) is 3.69. The van der Waals surface area contributed by atoms with Crippen LogP contribution in [0.25, 0.3) is 5.69 Å². The van der Waals surface area contributed by atoms with Crippen LogP contribution in [0.4, 0.5) is 5.69 Å². The average molecular weight is 300 g/mol. The van der Waals surface area contributed by atoms with E-state index in [-0.39, 0.29) is 5.91 Å². The highest BCUT2D eigenvalue weighted by molar-refractivity contribution is 7.08. The number of benzene rings is 1. The van der Waals surface area contributed by atoms with Gasteiger partial charge in [-0.25, -0.2) is 9.67 Å². The summed E-state index contributed by atoms with van der Waals surface area (Å²) in [4.78, 5) is 16.8. The second kappa shape index (κ2) is 5.80. The van der Waals surface area contributed by atoms with Crippen LogP contribution in [0.5, 0.6) is 0 Å². The normalized spacial score (nSPS) is 10.5. The Hall–Kier alpha value is -2.61. The first kappa shape index (κ1) is 13.4. The van der Waals surface area contributed by atoms with Crippen LogP contribution in [0, 0.1) is 0 Å². The van der Waals surface area contributed by atoms with Crippen LogP contribution >= 0.6 is 11.5 Å². The lowest BCUT2D eigenvalue weighted by Crippen LogP contribution is -2.14. The van der Waals surface area contributed by atoms with Crippen molar-refractivity contribution in [1.82, 2.24) is 24.4 Å². The highest BCUT2D eigenvalue weighted by atomic mass is 32.1. The summed E-state index contributed by atoms with van der Waals surface area (Å²) in [6.45, 7) is 1.94. The number of nitrogens with one attached hydrogen (secondary N) is 1. The molecule has 3 aromatic rings. The quantitative estimate of drug-likeness (QED) is 0.795. The molecular formula is C13H12N6OS. The summed E-state index contributed by atoms with van der Waals surface area (Å²) in [5.41, 5.74) is 2.11. The number of para-hydroxylation sites is 2. The van der Waals surface area contributed by atoms with Crippen molar-refractivity contribution in [3.8, 4) is 5.69 Å². The van der Waals surface area contributed by atoms with Gasteiger partial charge in [0.15, 0.2) is 0 Å². The van der Waals surface area contributed by atoms with Crippen molar-refractivity contribution < 1.29 is 4.79 Å². The van der Waals surface area contributed by atoms with E-state index >= 15 is 0 Å². The standard InChI is InChI=1S/C13H12N6OS/c1-2-9-12(21-18-17-9)13(20)16-10-5-3-4-6-11(10)19-8-14-7-15-19/h3-8H,2H2,1H3,(H,16,20). The smallest absolute Gasteiger partial charge is 0.269 e. The van der Waals surface area contributed by atoms with Gasteiger partial charge in [0.2, 0.25) is 0 Å². The third kappa shape index (κ3) is 2.65. The van der Waals surface area contributed by atoms with Gasteiger partial charge in [-0.15, -0.1) is 5.10 Å². The van der Waals surface area contributed by atoms with Crippen LogP contribution in [0.3, 0.4) is 0 Å². The molecule has 106 valence electrons. The second-order valence-electron chi connectivity index (χ2n) is 4.21. The highest BCUT2D eigenvalue weighted by Crippen LogP contribution is 2.21. The molecule has 1 N–H and O–H groups in total. The summed E-state index contributed by atoms with van der Waals surface area (Å²) in [5, 5.41) is 10.9. The fraction of sp³-hybridized carbons (Fsp3) is 0.154. The Balaban J connectivity index is 1.91. The molecule has 0 saturated heterocycles. The Morgan fingerprint density at radius 1 is 1.38 bits per heavy atom. The van der Waals surface area contributed by atoms with Gasteiger partial charge in [0.1, 0.15) is 17.5 Å². The largest absolute Gasteiger partial charge is 0.319 e. The maximum absolute atomic E-state index is 12.4. The predicted molar refractivity (Wildman–Crippen MR) is 78.6 cm³/mol. The minimum absolute atomic E-state index is 0.214. The number of aromatic nitrogens is 5. The van der Waals surface area contributed by atoms with Crippen molar-refractivity contribution in [3.63, 3.8) is 0 Å². The summed E-state index contributed by atoms with van der Waals surface area (Å²) in [7, 11) is 0. The van der Waals surface area contributed by atoms with Crippen molar-refractivity contribution in [3.05, 3.63) is 47.5 Å². The molecule has 0 aliphatic heterocycles. The molecule has 2 heterocycles. The van der Waals surface area contributed by atoms with E-state index in [0.717, 1.165) is 17.2 Å². The number of carbonyl (C=O) groups is 1. The molecule has 0 radical (unpaired) electrons. The first-order chi connectivity index (χ1) is 10.3. The Morgan fingerprint density at radius 3 is 3.00 bits per heavy atom. The van der Waals surface area contributed by atoms with E-state index < -0.39 is 0 Å².